The first-order chi connectivity index (χ1) is 12.8. The lowest BCUT2D eigenvalue weighted by Crippen LogP contribution is -2.39. The van der Waals surface area contributed by atoms with Crippen LogP contribution in [0.15, 0.2) is 59.5 Å². The molecule has 8 heteroatoms. The molecule has 0 fully saturated rings. The van der Waals surface area contributed by atoms with Crippen molar-refractivity contribution in [1.29, 1.82) is 0 Å². The molecule has 0 aliphatic carbocycles. The van der Waals surface area contributed by atoms with Gasteiger partial charge in [0, 0.05) is 13.6 Å². The Morgan fingerprint density at radius 2 is 1.67 bits per heavy atom. The molecule has 0 aliphatic heterocycles. The Balaban J connectivity index is 1.83. The van der Waals surface area contributed by atoms with E-state index in [4.69, 9.17) is 0 Å². The SMILES string of the molecule is COC(=O)c1ccc(CCNC(=O)CN(C)S(=O)(=O)c2ccccc2)cc1. The molecule has 0 heterocycles. The molecule has 0 saturated heterocycles. The fourth-order valence-electron chi connectivity index (χ4n) is 2.39. The molecule has 0 saturated carbocycles. The zero-order valence-corrected chi connectivity index (χ0v) is 16.0. The lowest BCUT2D eigenvalue weighted by molar-refractivity contribution is -0.121. The van der Waals surface area contributed by atoms with Gasteiger partial charge in [0.1, 0.15) is 0 Å². The van der Waals surface area contributed by atoms with Crippen molar-refractivity contribution in [3.05, 3.63) is 65.7 Å². The van der Waals surface area contributed by atoms with Gasteiger partial charge in [0.25, 0.3) is 0 Å². The number of esters is 1. The van der Waals surface area contributed by atoms with Crippen LogP contribution in [0.1, 0.15) is 15.9 Å². The molecule has 1 N–H and O–H groups in total. The van der Waals surface area contributed by atoms with Crippen molar-refractivity contribution < 1.29 is 22.7 Å². The average Bonchev–Trinajstić information content (AvgIpc) is 2.68. The molecule has 27 heavy (non-hydrogen) atoms. The Kier molecular flexibility index (Phi) is 7.09. The third-order valence-corrected chi connectivity index (χ3v) is 5.75. The number of carbonyl (C=O) groups excluding carboxylic acids is 2. The number of hydrogen-bond acceptors (Lipinski definition) is 5. The first-order valence-electron chi connectivity index (χ1n) is 8.30. The molecule has 2 aromatic rings. The number of nitrogens with zero attached hydrogens (tertiary/aromatic N) is 1. The molecule has 0 bridgehead atoms. The summed E-state index contributed by atoms with van der Waals surface area (Å²) < 4.78 is 30.4. The lowest BCUT2D eigenvalue weighted by Gasteiger charge is -2.16. The number of sulfonamides is 1. The van der Waals surface area contributed by atoms with Crippen molar-refractivity contribution in [3.8, 4) is 0 Å². The van der Waals surface area contributed by atoms with Gasteiger partial charge in [-0.1, -0.05) is 30.3 Å². The molecule has 0 unspecified atom stereocenters. The number of nitrogens with one attached hydrogen (secondary N) is 1. The van der Waals surface area contributed by atoms with Crippen molar-refractivity contribution in [2.24, 2.45) is 0 Å². The number of benzene rings is 2. The van der Waals surface area contributed by atoms with E-state index >= 15 is 0 Å². The zero-order chi connectivity index (χ0) is 19.9. The van der Waals surface area contributed by atoms with Crippen LogP contribution in [0.3, 0.4) is 0 Å². The Hall–Kier alpha value is -2.71. The van der Waals surface area contributed by atoms with Gasteiger partial charge in [-0.15, -0.1) is 0 Å². The van der Waals surface area contributed by atoms with Crippen molar-refractivity contribution in [1.82, 2.24) is 9.62 Å². The van der Waals surface area contributed by atoms with Crippen LogP contribution in [0.5, 0.6) is 0 Å². The predicted molar refractivity (Wildman–Crippen MR) is 101 cm³/mol. The number of hydrogen-bond donors (Lipinski definition) is 1. The summed E-state index contributed by atoms with van der Waals surface area (Å²) in [5, 5.41) is 2.70. The van der Waals surface area contributed by atoms with Crippen LogP contribution in [-0.2, 0) is 26.0 Å². The van der Waals surface area contributed by atoms with Gasteiger partial charge in [0.15, 0.2) is 0 Å². The molecule has 0 aromatic heterocycles. The van der Waals surface area contributed by atoms with Gasteiger partial charge in [-0.3, -0.25) is 4.79 Å². The summed E-state index contributed by atoms with van der Waals surface area (Å²) in [5.74, 6) is -0.791. The first kappa shape index (κ1) is 20.6. The number of carbonyl (C=O) groups is 2. The summed E-state index contributed by atoms with van der Waals surface area (Å²) in [5.41, 5.74) is 1.39. The van der Waals surface area contributed by atoms with Crippen LogP contribution >= 0.6 is 0 Å². The number of ether oxygens (including phenoxy) is 1. The lowest BCUT2D eigenvalue weighted by atomic mass is 10.1. The summed E-state index contributed by atoms with van der Waals surface area (Å²) in [7, 11) is -1.01. The molecular weight excluding hydrogens is 368 g/mol. The summed E-state index contributed by atoms with van der Waals surface area (Å²) in [6, 6.07) is 14.8. The molecule has 0 spiro atoms. The number of rotatable bonds is 8. The largest absolute Gasteiger partial charge is 0.465 e. The van der Waals surface area contributed by atoms with E-state index in [-0.39, 0.29) is 17.3 Å². The van der Waals surface area contributed by atoms with E-state index in [1.165, 1.54) is 26.3 Å². The van der Waals surface area contributed by atoms with E-state index in [1.807, 2.05) is 0 Å². The van der Waals surface area contributed by atoms with E-state index in [9.17, 15) is 18.0 Å². The highest BCUT2D eigenvalue weighted by Gasteiger charge is 2.22. The maximum atomic E-state index is 12.4. The van der Waals surface area contributed by atoms with Crippen LogP contribution < -0.4 is 5.32 Å². The molecule has 7 nitrogen and oxygen atoms in total. The highest BCUT2D eigenvalue weighted by Crippen LogP contribution is 2.13. The van der Waals surface area contributed by atoms with Gasteiger partial charge in [-0.25, -0.2) is 13.2 Å². The second kappa shape index (κ2) is 9.29. The van der Waals surface area contributed by atoms with E-state index in [2.05, 4.69) is 10.1 Å². The van der Waals surface area contributed by atoms with Crippen LogP contribution in [0.2, 0.25) is 0 Å². The predicted octanol–water partition coefficient (Wildman–Crippen LogP) is 1.45. The molecular formula is C19H22N2O5S. The molecule has 2 aromatic carbocycles. The molecule has 0 atom stereocenters. The van der Waals surface area contributed by atoms with Crippen LogP contribution in [0, 0.1) is 0 Å². The second-order valence-electron chi connectivity index (χ2n) is 5.86. The van der Waals surface area contributed by atoms with Crippen molar-refractivity contribution in [3.63, 3.8) is 0 Å². The highest BCUT2D eigenvalue weighted by atomic mass is 32.2. The minimum absolute atomic E-state index is 0.144. The quantitative estimate of drug-likeness (QED) is 0.689. The second-order valence-corrected chi connectivity index (χ2v) is 7.91. The smallest absolute Gasteiger partial charge is 0.337 e. The Labute approximate surface area is 159 Å². The normalized spacial score (nSPS) is 11.2. The van der Waals surface area contributed by atoms with Crippen molar-refractivity contribution in [2.75, 3.05) is 27.2 Å². The average molecular weight is 390 g/mol. The van der Waals surface area contributed by atoms with Gasteiger partial charge in [-0.05, 0) is 36.2 Å². The van der Waals surface area contributed by atoms with Gasteiger partial charge in [-0.2, -0.15) is 4.31 Å². The van der Waals surface area contributed by atoms with E-state index in [0.29, 0.717) is 18.5 Å². The Morgan fingerprint density at radius 3 is 2.26 bits per heavy atom. The third-order valence-electron chi connectivity index (χ3n) is 3.93. The topological polar surface area (TPSA) is 92.8 Å². The Bertz CT molecular complexity index is 880. The van der Waals surface area contributed by atoms with Crippen LogP contribution in [0.4, 0.5) is 0 Å². The highest BCUT2D eigenvalue weighted by molar-refractivity contribution is 7.89. The fourth-order valence-corrected chi connectivity index (χ4v) is 3.54. The van der Waals surface area contributed by atoms with Crippen molar-refractivity contribution >= 4 is 21.9 Å². The monoisotopic (exact) mass is 390 g/mol. The van der Waals surface area contributed by atoms with Gasteiger partial charge in [0.05, 0.1) is 24.1 Å². The summed E-state index contributed by atoms with van der Waals surface area (Å²) in [4.78, 5) is 23.6. The summed E-state index contributed by atoms with van der Waals surface area (Å²) in [6.07, 6.45) is 0.558. The first-order valence-corrected chi connectivity index (χ1v) is 9.74. The molecule has 1 amide bonds. The standard InChI is InChI=1S/C19H22N2O5S/c1-21(27(24,25)17-6-4-3-5-7-17)14-18(22)20-13-12-15-8-10-16(11-9-15)19(23)26-2/h3-11H,12-14H2,1-2H3,(H,20,22). The summed E-state index contributed by atoms with van der Waals surface area (Å²) >= 11 is 0. The van der Waals surface area contributed by atoms with E-state index in [1.54, 1.807) is 42.5 Å². The maximum absolute atomic E-state index is 12.4. The number of likely N-dealkylation sites (N-methyl/N-ethyl adjacent to an activating group) is 1. The third kappa shape index (κ3) is 5.63. The van der Waals surface area contributed by atoms with E-state index < -0.39 is 16.0 Å². The molecule has 0 radical (unpaired) electrons. The number of amides is 1. The minimum atomic E-state index is -3.70. The molecule has 0 aliphatic rings. The van der Waals surface area contributed by atoms with Gasteiger partial charge in [0.2, 0.25) is 15.9 Å². The van der Waals surface area contributed by atoms with Crippen LogP contribution in [0.25, 0.3) is 0 Å². The van der Waals surface area contributed by atoms with Crippen molar-refractivity contribution in [2.45, 2.75) is 11.3 Å². The zero-order valence-electron chi connectivity index (χ0n) is 15.2. The van der Waals surface area contributed by atoms with Crippen LogP contribution in [-0.4, -0.2) is 51.8 Å². The van der Waals surface area contributed by atoms with Gasteiger partial charge < -0.3 is 10.1 Å². The van der Waals surface area contributed by atoms with E-state index in [0.717, 1.165) is 9.87 Å². The molecule has 144 valence electrons. The van der Waals surface area contributed by atoms with Gasteiger partial charge >= 0.3 is 5.97 Å². The Morgan fingerprint density at radius 1 is 1.04 bits per heavy atom. The summed E-state index contributed by atoms with van der Waals surface area (Å²) in [6.45, 7) is 0.0914. The molecule has 2 rings (SSSR count). The maximum Gasteiger partial charge on any atom is 0.337 e. The fraction of sp³-hybridized carbons (Fsp3) is 0.263. The number of methoxy groups -OCH3 is 1. The minimum Gasteiger partial charge on any atom is -0.465 e.